The summed E-state index contributed by atoms with van der Waals surface area (Å²) >= 11 is 0. The van der Waals surface area contributed by atoms with Gasteiger partial charge >= 0.3 is 0 Å². The van der Waals surface area contributed by atoms with Crippen LogP contribution in [-0.4, -0.2) is 80.6 Å². The number of imide groups is 1. The van der Waals surface area contributed by atoms with Crippen molar-refractivity contribution in [2.45, 2.75) is 45.3 Å². The summed E-state index contributed by atoms with van der Waals surface area (Å²) in [6.45, 7) is 5.62. The summed E-state index contributed by atoms with van der Waals surface area (Å²) in [5.41, 5.74) is 4.67. The van der Waals surface area contributed by atoms with Gasteiger partial charge in [-0.2, -0.15) is 0 Å². The van der Waals surface area contributed by atoms with E-state index in [4.69, 9.17) is 4.74 Å². The first kappa shape index (κ1) is 26.9. The van der Waals surface area contributed by atoms with Crippen LogP contribution in [0.1, 0.15) is 50.2 Å². The molecule has 2 aliphatic rings. The van der Waals surface area contributed by atoms with Gasteiger partial charge in [-0.05, 0) is 82.1 Å². The van der Waals surface area contributed by atoms with Crippen LogP contribution in [0, 0.1) is 13.8 Å². The number of aliphatic hydroxyl groups is 1. The molecule has 10 heteroatoms. The van der Waals surface area contributed by atoms with Crippen molar-refractivity contribution in [2.75, 3.05) is 26.7 Å². The molecule has 2 aromatic carbocycles. The van der Waals surface area contributed by atoms with Crippen molar-refractivity contribution in [3.05, 3.63) is 80.8 Å². The van der Waals surface area contributed by atoms with Crippen LogP contribution in [0.15, 0.2) is 47.4 Å². The number of imidazole rings is 1. The predicted octanol–water partition coefficient (Wildman–Crippen LogP) is 3.21. The largest absolute Gasteiger partial charge is 0.491 e. The molecule has 2 aliphatic heterocycles. The minimum absolute atomic E-state index is 0.134. The van der Waals surface area contributed by atoms with Crippen LogP contribution >= 0.6 is 0 Å². The van der Waals surface area contributed by atoms with Gasteiger partial charge in [0.25, 0.3) is 17.4 Å². The number of likely N-dealkylation sites (tertiary alicyclic amines) is 1. The number of hydrogen-bond donors (Lipinski definition) is 3. The molecule has 6 rings (SSSR count). The number of fused-ring (bicyclic) bond motifs is 2. The lowest BCUT2D eigenvalue weighted by Gasteiger charge is -2.21. The van der Waals surface area contributed by atoms with E-state index < -0.39 is 6.10 Å². The highest BCUT2D eigenvalue weighted by molar-refractivity contribution is 6.23. The second-order valence-corrected chi connectivity index (χ2v) is 11.2. The van der Waals surface area contributed by atoms with Crippen molar-refractivity contribution in [2.24, 2.45) is 0 Å². The summed E-state index contributed by atoms with van der Waals surface area (Å²) in [7, 11) is 1.98. The molecule has 2 amide bonds. The number of rotatable bonds is 8. The number of hydrogen-bond acceptors (Lipinski definition) is 7. The van der Waals surface area contributed by atoms with E-state index in [1.54, 1.807) is 24.4 Å². The number of nitrogens with one attached hydrogen (secondary N) is 2. The quantitative estimate of drug-likeness (QED) is 0.285. The van der Waals surface area contributed by atoms with Gasteiger partial charge in [-0.1, -0.05) is 17.7 Å². The number of nitrogens with zero attached hydrogens (tertiary/aromatic N) is 3. The molecule has 1 fully saturated rings. The Kier molecular flexibility index (Phi) is 6.96. The van der Waals surface area contributed by atoms with Crippen LogP contribution in [0.3, 0.4) is 0 Å². The Morgan fingerprint density at radius 2 is 1.88 bits per heavy atom. The van der Waals surface area contributed by atoms with E-state index in [1.807, 2.05) is 39.1 Å². The first-order valence-electron chi connectivity index (χ1n) is 13.9. The van der Waals surface area contributed by atoms with Crippen molar-refractivity contribution in [1.29, 1.82) is 0 Å². The van der Waals surface area contributed by atoms with Gasteiger partial charge in [-0.25, -0.2) is 4.98 Å². The van der Waals surface area contributed by atoms with Gasteiger partial charge in [0, 0.05) is 12.7 Å². The Morgan fingerprint density at radius 3 is 2.61 bits per heavy atom. The summed E-state index contributed by atoms with van der Waals surface area (Å²) in [5.74, 6) is 0.484. The van der Waals surface area contributed by atoms with Crippen LogP contribution in [0.5, 0.6) is 5.75 Å². The SMILES string of the molecule is Cc1ccc(OC[C@@H](O)CCc2cc[nH]c(=O)c2-c2nc3cc4c(cc3[nH]2)C(=O)N([C@H]2CCN(C)C2)C4=O)c(C)c1. The highest BCUT2D eigenvalue weighted by Gasteiger charge is 2.42. The van der Waals surface area contributed by atoms with Crippen molar-refractivity contribution in [3.8, 4) is 17.1 Å². The first-order valence-corrected chi connectivity index (χ1v) is 13.9. The number of amides is 2. The van der Waals surface area contributed by atoms with Crippen molar-refractivity contribution in [3.63, 3.8) is 0 Å². The van der Waals surface area contributed by atoms with Crippen LogP contribution in [-0.2, 0) is 6.42 Å². The molecule has 0 spiro atoms. The van der Waals surface area contributed by atoms with Gasteiger partial charge in [-0.15, -0.1) is 0 Å². The van der Waals surface area contributed by atoms with Crippen molar-refractivity contribution >= 4 is 22.8 Å². The maximum Gasteiger partial charge on any atom is 0.261 e. The molecule has 2 aromatic heterocycles. The molecule has 1 saturated heterocycles. The van der Waals surface area contributed by atoms with Crippen molar-refractivity contribution in [1.82, 2.24) is 24.8 Å². The maximum absolute atomic E-state index is 13.2. The fraction of sp³-hybridized carbons (Fsp3) is 0.355. The molecule has 0 aliphatic carbocycles. The topological polar surface area (TPSA) is 132 Å². The van der Waals surface area contributed by atoms with Gasteiger partial charge < -0.3 is 24.7 Å². The second-order valence-electron chi connectivity index (χ2n) is 11.2. The Balaban J connectivity index is 1.21. The number of carbonyl (C=O) groups excluding carboxylic acids is 2. The molecule has 0 unspecified atom stereocenters. The molecule has 4 heterocycles. The molecule has 0 saturated carbocycles. The molecule has 4 aromatic rings. The summed E-state index contributed by atoms with van der Waals surface area (Å²) in [5, 5.41) is 10.6. The Hall–Kier alpha value is -4.28. The van der Waals surface area contributed by atoms with Gasteiger partial charge in [0.15, 0.2) is 0 Å². The van der Waals surface area contributed by atoms with E-state index in [-0.39, 0.29) is 30.0 Å². The molecular weight excluding hydrogens is 522 g/mol. The number of carbonyl (C=O) groups is 2. The molecule has 0 radical (unpaired) electrons. The molecule has 3 N–H and O–H groups in total. The fourth-order valence-electron chi connectivity index (χ4n) is 5.87. The zero-order valence-electron chi connectivity index (χ0n) is 23.4. The summed E-state index contributed by atoms with van der Waals surface area (Å²) in [4.78, 5) is 53.4. The molecule has 2 atom stereocenters. The average Bonchev–Trinajstić information content (AvgIpc) is 3.61. The standard InChI is InChI=1S/C31H33N5O5/c1-17-4-7-26(18(2)12-17)41-16-21(37)6-5-19-8-10-32-29(38)27(19)28-33-24-13-22-23(14-25(24)34-28)31(40)36(30(22)39)20-9-11-35(3)15-20/h4,7-8,10,12-14,20-21,37H,5-6,9,11,15-16H2,1-3H3,(H,32,38)(H,33,34)/t20-,21-/m0/s1. The van der Waals surface area contributed by atoms with E-state index >= 15 is 0 Å². The van der Waals surface area contributed by atoms with E-state index in [9.17, 15) is 19.5 Å². The van der Waals surface area contributed by atoms with Crippen LogP contribution in [0.2, 0.25) is 0 Å². The van der Waals surface area contributed by atoms with Crippen molar-refractivity contribution < 1.29 is 19.4 Å². The van der Waals surface area contributed by atoms with E-state index in [0.717, 1.165) is 35.4 Å². The molecule has 212 valence electrons. The molecular formula is C31H33N5O5. The third-order valence-corrected chi connectivity index (χ3v) is 8.04. The number of benzene rings is 2. The average molecular weight is 556 g/mol. The van der Waals surface area contributed by atoms with E-state index in [1.165, 1.54) is 4.90 Å². The van der Waals surface area contributed by atoms with E-state index in [0.29, 0.717) is 52.9 Å². The number of ether oxygens (including phenoxy) is 1. The lowest BCUT2D eigenvalue weighted by Crippen LogP contribution is -2.41. The molecule has 10 nitrogen and oxygen atoms in total. The third-order valence-electron chi connectivity index (χ3n) is 8.04. The zero-order chi connectivity index (χ0) is 28.8. The second kappa shape index (κ2) is 10.6. The van der Waals surface area contributed by atoms with Crippen LogP contribution in [0.25, 0.3) is 22.4 Å². The molecule has 0 bridgehead atoms. The Morgan fingerprint density at radius 1 is 1.10 bits per heavy atom. The van der Waals surface area contributed by atoms with Gasteiger partial charge in [0.05, 0.1) is 39.9 Å². The van der Waals surface area contributed by atoms with E-state index in [2.05, 4.69) is 19.9 Å². The minimum Gasteiger partial charge on any atom is -0.491 e. The number of H-pyrrole nitrogens is 2. The Bertz CT molecular complexity index is 1670. The first-order chi connectivity index (χ1) is 19.7. The number of likely N-dealkylation sites (N-methyl/N-ethyl adjacent to an activating group) is 1. The number of pyridine rings is 1. The number of aliphatic hydroxyl groups excluding tert-OH is 1. The Labute approximate surface area is 237 Å². The lowest BCUT2D eigenvalue weighted by molar-refractivity contribution is 0.0590. The molecule has 41 heavy (non-hydrogen) atoms. The zero-order valence-corrected chi connectivity index (χ0v) is 23.4. The smallest absolute Gasteiger partial charge is 0.261 e. The summed E-state index contributed by atoms with van der Waals surface area (Å²) < 4.78 is 5.82. The third kappa shape index (κ3) is 5.05. The fourth-order valence-corrected chi connectivity index (χ4v) is 5.87. The minimum atomic E-state index is -0.735. The highest BCUT2D eigenvalue weighted by atomic mass is 16.5. The lowest BCUT2D eigenvalue weighted by atomic mass is 10.0. The predicted molar refractivity (Wildman–Crippen MR) is 154 cm³/mol. The number of aromatic nitrogens is 3. The van der Waals surface area contributed by atoms with Gasteiger partial charge in [0.2, 0.25) is 0 Å². The van der Waals surface area contributed by atoms with Crippen LogP contribution < -0.4 is 10.3 Å². The number of aryl methyl sites for hydroxylation is 3. The maximum atomic E-state index is 13.2. The van der Waals surface area contributed by atoms with Crippen LogP contribution in [0.4, 0.5) is 0 Å². The highest BCUT2D eigenvalue weighted by Crippen LogP contribution is 2.32. The summed E-state index contributed by atoms with van der Waals surface area (Å²) in [6.07, 6.45) is 2.40. The number of aromatic amines is 2. The van der Waals surface area contributed by atoms with Gasteiger partial charge in [-0.3, -0.25) is 19.3 Å². The normalized spacial score (nSPS) is 18.0. The monoisotopic (exact) mass is 555 g/mol. The summed E-state index contributed by atoms with van der Waals surface area (Å²) in [6, 6.07) is 10.8. The van der Waals surface area contributed by atoms with Gasteiger partial charge in [0.1, 0.15) is 18.2 Å².